The highest BCUT2D eigenvalue weighted by atomic mass is 35.5. The summed E-state index contributed by atoms with van der Waals surface area (Å²) in [7, 11) is 1.54. The number of hydrogen-bond acceptors (Lipinski definition) is 5. The Bertz CT molecular complexity index is 860. The largest absolute Gasteiger partial charge is 0.495 e. The SMILES string of the molecule is COc1cc2ncnc(Nc3ccc(F)c(Cl)c3)c2cc1N.Cl. The Kier molecular flexibility index (Phi) is 5.08. The molecule has 23 heavy (non-hydrogen) atoms. The highest BCUT2D eigenvalue weighted by Crippen LogP contribution is 2.31. The zero-order chi connectivity index (χ0) is 15.7. The van der Waals surface area contributed by atoms with Crippen molar-refractivity contribution in [2.24, 2.45) is 0 Å². The Labute approximate surface area is 143 Å². The van der Waals surface area contributed by atoms with E-state index in [1.54, 1.807) is 25.3 Å². The molecular weight excluding hydrogens is 342 g/mol. The van der Waals surface area contributed by atoms with E-state index in [1.165, 1.54) is 18.5 Å². The third kappa shape index (κ3) is 3.38. The molecular formula is C15H13Cl2FN4O. The standard InChI is InChI=1S/C15H12ClFN4O.ClH/c1-22-14-6-13-9(5-12(14)18)15(20-7-19-13)21-8-2-3-11(17)10(16)4-8;/h2-7H,18H2,1H3,(H,19,20,21);1H. The molecule has 0 atom stereocenters. The maximum atomic E-state index is 13.2. The molecule has 0 aliphatic rings. The van der Waals surface area contributed by atoms with Crippen LogP contribution in [-0.2, 0) is 0 Å². The minimum absolute atomic E-state index is 0. The van der Waals surface area contributed by atoms with Crippen LogP contribution in [0.5, 0.6) is 5.75 Å². The van der Waals surface area contributed by atoms with E-state index in [1.807, 2.05) is 0 Å². The van der Waals surface area contributed by atoms with Crippen molar-refractivity contribution in [2.45, 2.75) is 0 Å². The van der Waals surface area contributed by atoms with Crippen molar-refractivity contribution in [2.75, 3.05) is 18.2 Å². The zero-order valence-electron chi connectivity index (χ0n) is 12.0. The van der Waals surface area contributed by atoms with Gasteiger partial charge in [0.05, 0.1) is 23.3 Å². The van der Waals surface area contributed by atoms with Gasteiger partial charge in [0.2, 0.25) is 0 Å². The molecule has 3 N–H and O–H groups in total. The van der Waals surface area contributed by atoms with Gasteiger partial charge in [-0.15, -0.1) is 12.4 Å². The van der Waals surface area contributed by atoms with Crippen LogP contribution in [0.3, 0.4) is 0 Å². The second kappa shape index (κ2) is 6.85. The summed E-state index contributed by atoms with van der Waals surface area (Å²) >= 11 is 5.78. The smallest absolute Gasteiger partial charge is 0.143 e. The molecule has 0 spiro atoms. The van der Waals surface area contributed by atoms with E-state index in [4.69, 9.17) is 22.1 Å². The summed E-state index contributed by atoms with van der Waals surface area (Å²) in [5, 5.41) is 3.84. The number of nitrogens with zero attached hydrogens (tertiary/aromatic N) is 2. The van der Waals surface area contributed by atoms with Crippen LogP contribution < -0.4 is 15.8 Å². The zero-order valence-corrected chi connectivity index (χ0v) is 13.6. The van der Waals surface area contributed by atoms with Gasteiger partial charge in [-0.25, -0.2) is 14.4 Å². The van der Waals surface area contributed by atoms with Crippen LogP contribution in [0.4, 0.5) is 21.6 Å². The summed E-state index contributed by atoms with van der Waals surface area (Å²) in [6.45, 7) is 0. The predicted octanol–water partition coefficient (Wildman–Crippen LogP) is 4.18. The molecule has 0 fully saturated rings. The molecule has 0 aliphatic carbocycles. The van der Waals surface area contributed by atoms with Crippen molar-refractivity contribution in [3.63, 3.8) is 0 Å². The number of halogens is 3. The molecule has 5 nitrogen and oxygen atoms in total. The first-order chi connectivity index (χ1) is 10.6. The topological polar surface area (TPSA) is 73.1 Å². The second-order valence-corrected chi connectivity index (χ2v) is 4.99. The summed E-state index contributed by atoms with van der Waals surface area (Å²) in [5.41, 5.74) is 7.69. The van der Waals surface area contributed by atoms with Gasteiger partial charge in [-0.3, -0.25) is 0 Å². The quantitative estimate of drug-likeness (QED) is 0.690. The summed E-state index contributed by atoms with van der Waals surface area (Å²) in [6, 6.07) is 7.79. The molecule has 1 aromatic heterocycles. The maximum absolute atomic E-state index is 13.2. The third-order valence-electron chi connectivity index (χ3n) is 3.17. The number of benzene rings is 2. The van der Waals surface area contributed by atoms with Crippen LogP contribution >= 0.6 is 24.0 Å². The lowest BCUT2D eigenvalue weighted by Gasteiger charge is -2.11. The van der Waals surface area contributed by atoms with Gasteiger partial charge in [0.25, 0.3) is 0 Å². The van der Waals surface area contributed by atoms with E-state index in [2.05, 4.69) is 15.3 Å². The number of anilines is 3. The Morgan fingerprint density at radius 2 is 2.00 bits per heavy atom. The second-order valence-electron chi connectivity index (χ2n) is 4.59. The Morgan fingerprint density at radius 3 is 2.70 bits per heavy atom. The van der Waals surface area contributed by atoms with Gasteiger partial charge in [-0.2, -0.15) is 0 Å². The van der Waals surface area contributed by atoms with Crippen molar-refractivity contribution in [3.05, 3.63) is 47.5 Å². The molecule has 120 valence electrons. The Morgan fingerprint density at radius 1 is 1.22 bits per heavy atom. The lowest BCUT2D eigenvalue weighted by Crippen LogP contribution is -1.99. The van der Waals surface area contributed by atoms with Crippen molar-refractivity contribution in [3.8, 4) is 5.75 Å². The number of fused-ring (bicyclic) bond motifs is 1. The molecule has 3 aromatic rings. The van der Waals surface area contributed by atoms with Gasteiger partial charge in [-0.1, -0.05) is 11.6 Å². The first kappa shape index (κ1) is 17.1. The molecule has 1 heterocycles. The van der Waals surface area contributed by atoms with Gasteiger partial charge in [0.1, 0.15) is 23.7 Å². The third-order valence-corrected chi connectivity index (χ3v) is 3.46. The van der Waals surface area contributed by atoms with Gasteiger partial charge in [-0.05, 0) is 24.3 Å². The lowest BCUT2D eigenvalue weighted by molar-refractivity contribution is 0.417. The Balaban J connectivity index is 0.00000192. The van der Waals surface area contributed by atoms with Crippen molar-refractivity contribution >= 4 is 52.1 Å². The van der Waals surface area contributed by atoms with Gasteiger partial charge >= 0.3 is 0 Å². The molecule has 0 bridgehead atoms. The minimum atomic E-state index is -0.478. The lowest BCUT2D eigenvalue weighted by atomic mass is 10.2. The van der Waals surface area contributed by atoms with Crippen LogP contribution in [-0.4, -0.2) is 17.1 Å². The maximum Gasteiger partial charge on any atom is 0.143 e. The number of ether oxygens (including phenoxy) is 1. The van der Waals surface area contributed by atoms with Crippen molar-refractivity contribution < 1.29 is 9.13 Å². The van der Waals surface area contributed by atoms with Crippen molar-refractivity contribution in [1.29, 1.82) is 0 Å². The van der Waals surface area contributed by atoms with Crippen LogP contribution in [0.2, 0.25) is 5.02 Å². The summed E-state index contributed by atoms with van der Waals surface area (Å²) in [6.07, 6.45) is 1.42. The van der Waals surface area contributed by atoms with E-state index in [0.29, 0.717) is 28.5 Å². The number of nitrogen functional groups attached to an aromatic ring is 1. The number of nitrogens with one attached hydrogen (secondary N) is 1. The number of aromatic nitrogens is 2. The highest BCUT2D eigenvalue weighted by Gasteiger charge is 2.09. The molecule has 2 aromatic carbocycles. The Hall–Kier alpha value is -2.31. The van der Waals surface area contributed by atoms with Gasteiger partial charge in [0.15, 0.2) is 0 Å². The fourth-order valence-electron chi connectivity index (χ4n) is 2.09. The minimum Gasteiger partial charge on any atom is -0.495 e. The summed E-state index contributed by atoms with van der Waals surface area (Å²) in [4.78, 5) is 8.39. The fraction of sp³-hybridized carbons (Fsp3) is 0.0667. The fourth-order valence-corrected chi connectivity index (χ4v) is 2.27. The molecule has 0 unspecified atom stereocenters. The van der Waals surface area contributed by atoms with E-state index >= 15 is 0 Å². The van der Waals surface area contributed by atoms with Gasteiger partial charge < -0.3 is 15.8 Å². The van der Waals surface area contributed by atoms with Crippen LogP contribution in [0.15, 0.2) is 36.7 Å². The van der Waals surface area contributed by atoms with E-state index in [0.717, 1.165) is 5.39 Å². The molecule has 3 rings (SSSR count). The van der Waals surface area contributed by atoms with E-state index in [-0.39, 0.29) is 17.4 Å². The highest BCUT2D eigenvalue weighted by molar-refractivity contribution is 6.31. The first-order valence-electron chi connectivity index (χ1n) is 6.39. The van der Waals surface area contributed by atoms with Crippen LogP contribution in [0.25, 0.3) is 10.9 Å². The molecule has 8 heteroatoms. The first-order valence-corrected chi connectivity index (χ1v) is 6.76. The average molecular weight is 355 g/mol. The monoisotopic (exact) mass is 354 g/mol. The summed E-state index contributed by atoms with van der Waals surface area (Å²) in [5.74, 6) is 0.609. The molecule has 0 saturated heterocycles. The van der Waals surface area contributed by atoms with E-state index < -0.39 is 5.82 Å². The molecule has 0 saturated carbocycles. The van der Waals surface area contributed by atoms with E-state index in [9.17, 15) is 4.39 Å². The van der Waals surface area contributed by atoms with Crippen molar-refractivity contribution in [1.82, 2.24) is 9.97 Å². The average Bonchev–Trinajstić information content (AvgIpc) is 2.51. The number of rotatable bonds is 3. The molecule has 0 radical (unpaired) electrons. The van der Waals surface area contributed by atoms with Crippen LogP contribution in [0, 0.1) is 5.82 Å². The number of methoxy groups -OCH3 is 1. The molecule has 0 amide bonds. The molecule has 0 aliphatic heterocycles. The predicted molar refractivity (Wildman–Crippen MR) is 92.4 cm³/mol. The van der Waals surface area contributed by atoms with Crippen LogP contribution in [0.1, 0.15) is 0 Å². The summed E-state index contributed by atoms with van der Waals surface area (Å²) < 4.78 is 18.4. The van der Waals surface area contributed by atoms with Gasteiger partial charge in [0, 0.05) is 17.1 Å². The number of nitrogens with two attached hydrogens (primary N) is 1. The number of hydrogen-bond donors (Lipinski definition) is 2. The normalized spacial score (nSPS) is 10.2.